The van der Waals surface area contributed by atoms with E-state index < -0.39 is 6.04 Å². The van der Waals surface area contributed by atoms with E-state index in [1.165, 1.54) is 0 Å². The molecule has 2 fully saturated rings. The second-order valence-corrected chi connectivity index (χ2v) is 13.4. The number of hydrogen-bond donors (Lipinski definition) is 6. The van der Waals surface area contributed by atoms with Gasteiger partial charge in [-0.3, -0.25) is 14.4 Å². The monoisotopic (exact) mass is 693 g/mol. The summed E-state index contributed by atoms with van der Waals surface area (Å²) in [5.74, 6) is 0.842. The lowest BCUT2D eigenvalue weighted by molar-refractivity contribution is -0.130. The number of tetrazole rings is 1. The summed E-state index contributed by atoms with van der Waals surface area (Å²) in [6.45, 7) is 4.80. The zero-order chi connectivity index (χ0) is 35.6. The fourth-order valence-electron chi connectivity index (χ4n) is 6.84. The summed E-state index contributed by atoms with van der Waals surface area (Å²) in [4.78, 5) is 40.2. The van der Waals surface area contributed by atoms with Gasteiger partial charge in [-0.2, -0.15) is 5.21 Å². The predicted molar refractivity (Wildman–Crippen MR) is 195 cm³/mol. The van der Waals surface area contributed by atoms with Gasteiger partial charge in [-0.15, -0.1) is 10.2 Å². The Balaban J connectivity index is 1.16. The molecular formula is C38H47N9O4. The van der Waals surface area contributed by atoms with Crippen LogP contribution in [0.2, 0.25) is 0 Å². The Bertz CT molecular complexity index is 1750. The molecule has 4 aromatic rings. The lowest BCUT2D eigenvalue weighted by atomic mass is 9.81. The lowest BCUT2D eigenvalue weighted by Crippen LogP contribution is -2.48. The third kappa shape index (κ3) is 9.35. The van der Waals surface area contributed by atoms with Crippen molar-refractivity contribution < 1.29 is 19.1 Å². The minimum absolute atomic E-state index is 0.105. The average Bonchev–Trinajstić information content (AvgIpc) is 3.71. The van der Waals surface area contributed by atoms with Crippen LogP contribution in [0.15, 0.2) is 66.7 Å². The quantitative estimate of drug-likeness (QED) is 0.121. The molecule has 51 heavy (non-hydrogen) atoms. The van der Waals surface area contributed by atoms with Gasteiger partial charge in [0.05, 0.1) is 6.61 Å². The van der Waals surface area contributed by atoms with Gasteiger partial charge in [-0.05, 0) is 130 Å². The van der Waals surface area contributed by atoms with Gasteiger partial charge in [0.25, 0.3) is 5.91 Å². The van der Waals surface area contributed by atoms with Crippen LogP contribution in [0.25, 0.3) is 22.5 Å². The summed E-state index contributed by atoms with van der Waals surface area (Å²) in [7, 11) is 0. The second kappa shape index (κ2) is 17.2. The molecule has 3 amide bonds. The number of carbonyl (C=O) groups is 3. The number of nitrogens with two attached hydrogens (primary N) is 1. The molecule has 0 unspecified atom stereocenters. The minimum atomic E-state index is -0.802. The van der Waals surface area contributed by atoms with Crippen LogP contribution in [0.3, 0.4) is 0 Å². The molecule has 1 aromatic heterocycles. The van der Waals surface area contributed by atoms with Crippen LogP contribution in [0, 0.1) is 11.8 Å². The Morgan fingerprint density at radius 3 is 2.31 bits per heavy atom. The van der Waals surface area contributed by atoms with Gasteiger partial charge >= 0.3 is 0 Å². The molecule has 0 bridgehead atoms. The molecule has 13 nitrogen and oxygen atoms in total. The molecule has 1 aliphatic carbocycles. The van der Waals surface area contributed by atoms with Crippen LogP contribution >= 0.6 is 0 Å². The first-order chi connectivity index (χ1) is 24.9. The van der Waals surface area contributed by atoms with Crippen molar-refractivity contribution in [3.8, 4) is 28.3 Å². The summed E-state index contributed by atoms with van der Waals surface area (Å²) in [5.41, 5.74) is 10.4. The average molecular weight is 694 g/mol. The fourth-order valence-corrected chi connectivity index (χ4v) is 6.84. The summed E-state index contributed by atoms with van der Waals surface area (Å²) in [6.07, 6.45) is 5.45. The van der Waals surface area contributed by atoms with Crippen molar-refractivity contribution in [3.63, 3.8) is 0 Å². The molecule has 1 atom stereocenters. The Labute approximate surface area is 297 Å². The van der Waals surface area contributed by atoms with Crippen LogP contribution in [0.4, 0.5) is 5.69 Å². The molecule has 268 valence electrons. The van der Waals surface area contributed by atoms with Crippen LogP contribution < -0.4 is 31.7 Å². The van der Waals surface area contributed by atoms with E-state index in [9.17, 15) is 14.4 Å². The van der Waals surface area contributed by atoms with Gasteiger partial charge in [0, 0.05) is 40.8 Å². The first-order valence-corrected chi connectivity index (χ1v) is 17.9. The SMILES string of the molecule is CCOc1cc(C(=O)NC2CCNCC2)ccc1-c1ccc(C[C@H](NC(=O)C2CCC(CN)CC2)C(=O)Nc2ccc(-c3nn[nH]n3)cc2)cc1. The Morgan fingerprint density at radius 2 is 1.65 bits per heavy atom. The highest BCUT2D eigenvalue weighted by Gasteiger charge is 2.29. The number of anilines is 1. The van der Waals surface area contributed by atoms with Crippen molar-refractivity contribution in [3.05, 3.63) is 77.9 Å². The summed E-state index contributed by atoms with van der Waals surface area (Å²) >= 11 is 0. The summed E-state index contributed by atoms with van der Waals surface area (Å²) in [5, 5.41) is 26.5. The number of ether oxygens (including phenoxy) is 1. The fraction of sp³-hybridized carbons (Fsp3) is 0.421. The van der Waals surface area contributed by atoms with Crippen molar-refractivity contribution in [2.24, 2.45) is 17.6 Å². The number of nitrogens with zero attached hydrogens (tertiary/aromatic N) is 3. The maximum absolute atomic E-state index is 13.7. The van der Waals surface area contributed by atoms with Crippen LogP contribution in [0.1, 0.15) is 61.4 Å². The molecule has 0 radical (unpaired) electrons. The maximum Gasteiger partial charge on any atom is 0.251 e. The molecule has 1 saturated heterocycles. The molecule has 0 spiro atoms. The van der Waals surface area contributed by atoms with Crippen molar-refractivity contribution in [2.75, 3.05) is 31.6 Å². The van der Waals surface area contributed by atoms with Crippen molar-refractivity contribution >= 4 is 23.4 Å². The highest BCUT2D eigenvalue weighted by molar-refractivity contribution is 5.98. The van der Waals surface area contributed by atoms with E-state index in [-0.39, 0.29) is 29.7 Å². The third-order valence-electron chi connectivity index (χ3n) is 9.86. The molecule has 3 aromatic carbocycles. The van der Waals surface area contributed by atoms with Crippen LogP contribution in [-0.4, -0.2) is 76.7 Å². The number of nitrogens with one attached hydrogen (secondary N) is 5. The maximum atomic E-state index is 13.7. The topological polar surface area (TPSA) is 189 Å². The smallest absolute Gasteiger partial charge is 0.251 e. The standard InChI is InChI=1S/C38H47N9O4/c1-2-51-34-22-29(37(49)41-31-17-19-40-20-18-31)13-16-32(34)26-7-3-24(4-8-26)21-33(43-36(48)28-9-5-25(23-39)6-10-28)38(50)42-30-14-11-27(12-15-30)35-44-46-47-45-35/h3-4,7-8,11-16,22,25,28,31,33,40H,2,5-6,9-10,17-21,23,39H2,1H3,(H,41,49)(H,42,50)(H,43,48)(H,44,45,46,47)/t25?,28?,33-/m0/s1. The number of rotatable bonds is 13. The van der Waals surface area contributed by atoms with E-state index in [4.69, 9.17) is 10.5 Å². The molecule has 13 heteroatoms. The molecule has 7 N–H and O–H groups in total. The summed E-state index contributed by atoms with van der Waals surface area (Å²) < 4.78 is 5.99. The number of aromatic nitrogens is 4. The molecular weight excluding hydrogens is 646 g/mol. The van der Waals surface area contributed by atoms with E-state index in [2.05, 4.69) is 41.9 Å². The number of benzene rings is 3. The number of amides is 3. The normalized spacial score (nSPS) is 18.4. The highest BCUT2D eigenvalue weighted by atomic mass is 16.5. The highest BCUT2D eigenvalue weighted by Crippen LogP contribution is 2.32. The van der Waals surface area contributed by atoms with Crippen LogP contribution in [-0.2, 0) is 16.0 Å². The number of carbonyl (C=O) groups excluding carboxylic acids is 3. The van der Waals surface area contributed by atoms with Gasteiger partial charge in [0.15, 0.2) is 0 Å². The number of piperidine rings is 1. The van der Waals surface area contributed by atoms with Gasteiger partial charge in [-0.1, -0.05) is 24.3 Å². The largest absolute Gasteiger partial charge is 0.493 e. The van der Waals surface area contributed by atoms with Gasteiger partial charge in [0.2, 0.25) is 17.6 Å². The van der Waals surface area contributed by atoms with E-state index in [1.807, 2.05) is 43.3 Å². The molecule has 1 saturated carbocycles. The third-order valence-corrected chi connectivity index (χ3v) is 9.86. The summed E-state index contributed by atoms with van der Waals surface area (Å²) in [6, 6.07) is 19.9. The Morgan fingerprint density at radius 1 is 0.922 bits per heavy atom. The van der Waals surface area contributed by atoms with E-state index >= 15 is 0 Å². The number of H-pyrrole nitrogens is 1. The zero-order valence-electron chi connectivity index (χ0n) is 29.0. The Hall–Kier alpha value is -5.14. The minimum Gasteiger partial charge on any atom is -0.493 e. The number of hydrogen-bond acceptors (Lipinski definition) is 9. The lowest BCUT2D eigenvalue weighted by Gasteiger charge is -2.28. The van der Waals surface area contributed by atoms with Gasteiger partial charge < -0.3 is 31.7 Å². The predicted octanol–water partition coefficient (Wildman–Crippen LogP) is 3.85. The molecule has 6 rings (SSSR count). The second-order valence-electron chi connectivity index (χ2n) is 13.4. The first kappa shape index (κ1) is 35.7. The molecule has 2 aliphatic rings. The van der Waals surface area contributed by atoms with E-state index in [1.54, 1.807) is 30.3 Å². The van der Waals surface area contributed by atoms with Gasteiger partial charge in [-0.25, -0.2) is 0 Å². The Kier molecular flexibility index (Phi) is 12.0. The van der Waals surface area contributed by atoms with E-state index in [0.29, 0.717) is 48.3 Å². The zero-order valence-corrected chi connectivity index (χ0v) is 29.0. The number of aromatic amines is 1. The van der Waals surface area contributed by atoms with Crippen molar-refractivity contribution in [1.29, 1.82) is 0 Å². The van der Waals surface area contributed by atoms with Crippen molar-refractivity contribution in [2.45, 2.75) is 64.0 Å². The molecule has 2 heterocycles. The van der Waals surface area contributed by atoms with Crippen LogP contribution in [0.5, 0.6) is 5.75 Å². The molecule has 1 aliphatic heterocycles. The van der Waals surface area contributed by atoms with Gasteiger partial charge in [0.1, 0.15) is 11.8 Å². The first-order valence-electron chi connectivity index (χ1n) is 17.9. The van der Waals surface area contributed by atoms with Crippen molar-refractivity contribution in [1.82, 2.24) is 36.6 Å². The van der Waals surface area contributed by atoms with E-state index in [0.717, 1.165) is 73.9 Å².